The average Bonchev–Trinajstić information content (AvgIpc) is 2.62. The quantitative estimate of drug-likeness (QED) is 0.712. The van der Waals surface area contributed by atoms with E-state index in [0.717, 1.165) is 12.8 Å². The Kier molecular flexibility index (Phi) is 2.21. The summed E-state index contributed by atoms with van der Waals surface area (Å²) in [5, 5.41) is 10.2. The summed E-state index contributed by atoms with van der Waals surface area (Å²) in [7, 11) is 0. The van der Waals surface area contributed by atoms with Crippen molar-refractivity contribution in [3.05, 3.63) is 0 Å². The first-order chi connectivity index (χ1) is 5.31. The minimum Gasteiger partial charge on any atom is -0.392 e. The molecule has 0 aromatic carbocycles. The molecule has 2 fully saturated rings. The van der Waals surface area contributed by atoms with Crippen molar-refractivity contribution in [2.75, 3.05) is 5.33 Å². The highest BCUT2D eigenvalue weighted by molar-refractivity contribution is 9.09. The minimum absolute atomic E-state index is 0.203. The van der Waals surface area contributed by atoms with Crippen molar-refractivity contribution < 1.29 is 9.84 Å². The topological polar surface area (TPSA) is 29.5 Å². The van der Waals surface area contributed by atoms with Crippen LogP contribution in [-0.2, 0) is 4.74 Å². The van der Waals surface area contributed by atoms with E-state index in [1.807, 2.05) is 0 Å². The summed E-state index contributed by atoms with van der Waals surface area (Å²) in [6, 6.07) is 0. The van der Waals surface area contributed by atoms with Gasteiger partial charge in [-0.15, -0.1) is 0 Å². The molecule has 0 saturated carbocycles. The molecular formula is C8H13BrO2. The van der Waals surface area contributed by atoms with Crippen molar-refractivity contribution in [2.45, 2.75) is 37.6 Å². The molecule has 0 amide bonds. The first-order valence-corrected chi connectivity index (χ1v) is 5.33. The predicted octanol–water partition coefficient (Wildman–Crippen LogP) is 1.31. The van der Waals surface area contributed by atoms with Crippen molar-refractivity contribution in [3.63, 3.8) is 0 Å². The number of aliphatic hydroxyl groups excluding tert-OH is 1. The zero-order valence-electron chi connectivity index (χ0n) is 6.37. The summed E-state index contributed by atoms with van der Waals surface area (Å²) in [4.78, 5) is 0. The molecule has 2 bridgehead atoms. The Bertz CT molecular complexity index is 151. The van der Waals surface area contributed by atoms with E-state index in [2.05, 4.69) is 15.9 Å². The Hall–Kier alpha value is 0.400. The van der Waals surface area contributed by atoms with E-state index in [0.29, 0.717) is 23.5 Å². The number of hydrogen-bond donors (Lipinski definition) is 1. The van der Waals surface area contributed by atoms with Crippen LogP contribution in [0.25, 0.3) is 0 Å². The Balaban J connectivity index is 1.96. The van der Waals surface area contributed by atoms with E-state index >= 15 is 0 Å². The second-order valence-electron chi connectivity index (χ2n) is 3.50. The molecule has 0 aromatic heterocycles. The maximum Gasteiger partial charge on any atom is 0.0690 e. The molecule has 11 heavy (non-hydrogen) atoms. The van der Waals surface area contributed by atoms with Crippen molar-refractivity contribution in [1.29, 1.82) is 0 Å². The van der Waals surface area contributed by atoms with Crippen LogP contribution in [0.3, 0.4) is 0 Å². The number of rotatable bonds is 2. The fourth-order valence-corrected chi connectivity index (χ4v) is 2.68. The van der Waals surface area contributed by atoms with Gasteiger partial charge in [0, 0.05) is 11.2 Å². The molecule has 3 heteroatoms. The monoisotopic (exact) mass is 220 g/mol. The van der Waals surface area contributed by atoms with Gasteiger partial charge < -0.3 is 9.84 Å². The third kappa shape index (κ3) is 1.34. The largest absolute Gasteiger partial charge is 0.392 e. The molecule has 0 spiro atoms. The van der Waals surface area contributed by atoms with Crippen molar-refractivity contribution in [2.24, 2.45) is 5.92 Å². The van der Waals surface area contributed by atoms with E-state index in [1.54, 1.807) is 0 Å². The van der Waals surface area contributed by atoms with Crippen molar-refractivity contribution in [1.82, 2.24) is 0 Å². The second-order valence-corrected chi connectivity index (χ2v) is 4.14. The van der Waals surface area contributed by atoms with Gasteiger partial charge in [0.05, 0.1) is 18.3 Å². The SMILES string of the molecule is OC(CBr)C1CC2CCC1O2. The van der Waals surface area contributed by atoms with Crippen LogP contribution in [0.4, 0.5) is 0 Å². The number of alkyl halides is 1. The van der Waals surface area contributed by atoms with Crippen LogP contribution >= 0.6 is 15.9 Å². The standard InChI is InChI=1S/C8H13BrO2/c9-4-7(10)6-3-5-1-2-8(6)11-5/h5-8,10H,1-4H2. The number of aliphatic hydroxyl groups is 1. The van der Waals surface area contributed by atoms with Gasteiger partial charge in [-0.25, -0.2) is 0 Å². The summed E-state index contributed by atoms with van der Waals surface area (Å²) in [5.41, 5.74) is 0. The van der Waals surface area contributed by atoms with Crippen LogP contribution in [0.15, 0.2) is 0 Å². The average molecular weight is 221 g/mol. The molecule has 2 saturated heterocycles. The minimum atomic E-state index is -0.203. The zero-order valence-corrected chi connectivity index (χ0v) is 7.96. The summed E-state index contributed by atoms with van der Waals surface area (Å²) < 4.78 is 5.63. The Morgan fingerprint density at radius 1 is 1.55 bits per heavy atom. The molecule has 0 aliphatic carbocycles. The maximum atomic E-state index is 9.55. The Morgan fingerprint density at radius 2 is 2.36 bits per heavy atom. The predicted molar refractivity (Wildman–Crippen MR) is 45.8 cm³/mol. The molecule has 64 valence electrons. The van der Waals surface area contributed by atoms with E-state index < -0.39 is 0 Å². The van der Waals surface area contributed by atoms with Crippen LogP contribution in [0, 0.1) is 5.92 Å². The molecule has 0 aromatic rings. The van der Waals surface area contributed by atoms with Crippen LogP contribution in [0.2, 0.25) is 0 Å². The molecule has 4 atom stereocenters. The lowest BCUT2D eigenvalue weighted by Crippen LogP contribution is -2.30. The lowest BCUT2D eigenvalue weighted by molar-refractivity contribution is 0.0535. The van der Waals surface area contributed by atoms with Gasteiger partial charge in [0.2, 0.25) is 0 Å². The van der Waals surface area contributed by atoms with Crippen LogP contribution in [0.5, 0.6) is 0 Å². The van der Waals surface area contributed by atoms with Gasteiger partial charge in [-0.1, -0.05) is 15.9 Å². The third-order valence-corrected chi connectivity index (χ3v) is 3.47. The van der Waals surface area contributed by atoms with E-state index in [4.69, 9.17) is 4.74 Å². The fourth-order valence-electron chi connectivity index (χ4n) is 2.20. The third-order valence-electron chi connectivity index (χ3n) is 2.81. The molecule has 2 rings (SSSR count). The molecule has 2 aliphatic heterocycles. The molecule has 2 aliphatic rings. The highest BCUT2D eigenvalue weighted by Crippen LogP contribution is 2.40. The van der Waals surface area contributed by atoms with E-state index in [1.165, 1.54) is 6.42 Å². The smallest absolute Gasteiger partial charge is 0.0690 e. The molecule has 4 unspecified atom stereocenters. The van der Waals surface area contributed by atoms with Gasteiger partial charge >= 0.3 is 0 Å². The van der Waals surface area contributed by atoms with E-state index in [9.17, 15) is 5.11 Å². The summed E-state index contributed by atoms with van der Waals surface area (Å²) in [6.07, 6.45) is 4.03. The number of halogens is 1. The molecule has 0 radical (unpaired) electrons. The molecule has 1 N–H and O–H groups in total. The lowest BCUT2D eigenvalue weighted by Gasteiger charge is -2.22. The van der Waals surface area contributed by atoms with Crippen LogP contribution in [-0.4, -0.2) is 28.7 Å². The first-order valence-electron chi connectivity index (χ1n) is 4.20. The van der Waals surface area contributed by atoms with Gasteiger partial charge in [-0.3, -0.25) is 0 Å². The summed E-state index contributed by atoms with van der Waals surface area (Å²) in [5.74, 6) is 0.396. The second kappa shape index (κ2) is 3.04. The van der Waals surface area contributed by atoms with Crippen LogP contribution in [0.1, 0.15) is 19.3 Å². The molecular weight excluding hydrogens is 208 g/mol. The Labute approximate surface area is 75.1 Å². The van der Waals surface area contributed by atoms with Crippen LogP contribution < -0.4 is 0 Å². The first kappa shape index (κ1) is 8.02. The van der Waals surface area contributed by atoms with Crippen molar-refractivity contribution >= 4 is 15.9 Å². The zero-order chi connectivity index (χ0) is 7.84. The lowest BCUT2D eigenvalue weighted by atomic mass is 9.86. The summed E-state index contributed by atoms with van der Waals surface area (Å²) >= 11 is 3.29. The Morgan fingerprint density at radius 3 is 2.82 bits per heavy atom. The van der Waals surface area contributed by atoms with Gasteiger partial charge in [0.25, 0.3) is 0 Å². The number of fused-ring (bicyclic) bond motifs is 2. The highest BCUT2D eigenvalue weighted by Gasteiger charge is 2.43. The molecule has 2 nitrogen and oxygen atoms in total. The van der Waals surface area contributed by atoms with Gasteiger partial charge in [0.15, 0.2) is 0 Å². The number of ether oxygens (including phenoxy) is 1. The van der Waals surface area contributed by atoms with Crippen molar-refractivity contribution in [3.8, 4) is 0 Å². The van der Waals surface area contributed by atoms with Gasteiger partial charge in [-0.2, -0.15) is 0 Å². The number of hydrogen-bond acceptors (Lipinski definition) is 2. The van der Waals surface area contributed by atoms with Gasteiger partial charge in [-0.05, 0) is 19.3 Å². The van der Waals surface area contributed by atoms with Gasteiger partial charge in [0.1, 0.15) is 0 Å². The highest BCUT2D eigenvalue weighted by atomic mass is 79.9. The summed E-state index contributed by atoms with van der Waals surface area (Å²) in [6.45, 7) is 0. The maximum absolute atomic E-state index is 9.55. The van der Waals surface area contributed by atoms with E-state index in [-0.39, 0.29) is 6.10 Å². The normalized spacial score (nSPS) is 44.7. The fraction of sp³-hybridized carbons (Fsp3) is 1.00. The molecule has 2 heterocycles.